The number of alkyl halides is 3. The molecule has 0 aliphatic carbocycles. The molecule has 2 aromatic rings. The normalized spacial score (nSPS) is 11.7. The fourth-order valence-corrected chi connectivity index (χ4v) is 3.48. The molecule has 12 heteroatoms. The standard InChI is InChI=1S/C18H17ClF3N3O4S/c1-2-7-24-30(27,28)10-12-3-5-14(6-4-12)25-16(26)13-8-15(19)17(23-9-13)29-11-18(20,21)22/h2-6,8-9,24H,1,7,10-11H2,(H,25,26). The highest BCUT2D eigenvalue weighted by molar-refractivity contribution is 7.88. The lowest BCUT2D eigenvalue weighted by atomic mass is 10.2. The number of hydrogen-bond donors (Lipinski definition) is 2. The van der Waals surface area contributed by atoms with Crippen molar-refractivity contribution < 1.29 is 31.1 Å². The molecule has 2 N–H and O–H groups in total. The van der Waals surface area contributed by atoms with Crippen LogP contribution in [-0.4, -0.2) is 38.6 Å². The minimum absolute atomic E-state index is 0.000335. The van der Waals surface area contributed by atoms with Gasteiger partial charge in [0.15, 0.2) is 6.61 Å². The van der Waals surface area contributed by atoms with Gasteiger partial charge >= 0.3 is 6.18 Å². The van der Waals surface area contributed by atoms with Crippen molar-refractivity contribution in [2.75, 3.05) is 18.5 Å². The van der Waals surface area contributed by atoms with E-state index in [2.05, 4.69) is 26.3 Å². The number of carbonyl (C=O) groups excluding carboxylic acids is 1. The summed E-state index contributed by atoms with van der Waals surface area (Å²) in [5.74, 6) is -1.30. The molecule has 0 fully saturated rings. The van der Waals surface area contributed by atoms with Crippen LogP contribution in [0.2, 0.25) is 5.02 Å². The minimum atomic E-state index is -4.55. The largest absolute Gasteiger partial charge is 0.467 e. The minimum Gasteiger partial charge on any atom is -0.467 e. The lowest BCUT2D eigenvalue weighted by Crippen LogP contribution is -2.25. The number of amides is 1. The quantitative estimate of drug-likeness (QED) is 0.554. The summed E-state index contributed by atoms with van der Waals surface area (Å²) in [5, 5.41) is 2.30. The van der Waals surface area contributed by atoms with Crippen LogP contribution in [0, 0.1) is 0 Å². The molecule has 0 atom stereocenters. The summed E-state index contributed by atoms with van der Waals surface area (Å²) in [7, 11) is -3.51. The molecule has 0 saturated carbocycles. The van der Waals surface area contributed by atoms with Crippen LogP contribution in [0.15, 0.2) is 49.2 Å². The van der Waals surface area contributed by atoms with E-state index in [1.54, 1.807) is 0 Å². The topological polar surface area (TPSA) is 97.4 Å². The highest BCUT2D eigenvalue weighted by atomic mass is 35.5. The summed E-state index contributed by atoms with van der Waals surface area (Å²) in [4.78, 5) is 15.9. The van der Waals surface area contributed by atoms with Gasteiger partial charge in [-0.3, -0.25) is 4.79 Å². The van der Waals surface area contributed by atoms with Crippen LogP contribution in [-0.2, 0) is 15.8 Å². The van der Waals surface area contributed by atoms with E-state index in [1.807, 2.05) is 0 Å². The number of anilines is 1. The Labute approximate surface area is 176 Å². The van der Waals surface area contributed by atoms with E-state index in [0.29, 0.717) is 11.3 Å². The number of pyridine rings is 1. The third-order valence-electron chi connectivity index (χ3n) is 3.46. The number of ether oxygens (including phenoxy) is 1. The Kier molecular flexibility index (Phi) is 7.82. The van der Waals surface area contributed by atoms with E-state index >= 15 is 0 Å². The molecule has 1 aromatic heterocycles. The molecule has 0 radical (unpaired) electrons. The molecule has 0 saturated heterocycles. The van der Waals surface area contributed by atoms with Crippen LogP contribution in [0.25, 0.3) is 0 Å². The van der Waals surface area contributed by atoms with Crippen molar-refractivity contribution in [1.29, 1.82) is 0 Å². The number of halogens is 4. The Hall–Kier alpha value is -2.63. The van der Waals surface area contributed by atoms with Crippen molar-refractivity contribution in [3.05, 3.63) is 65.3 Å². The number of aromatic nitrogens is 1. The number of rotatable bonds is 9. The zero-order valence-corrected chi connectivity index (χ0v) is 16.9. The molecule has 1 heterocycles. The van der Waals surface area contributed by atoms with E-state index in [9.17, 15) is 26.4 Å². The van der Waals surface area contributed by atoms with Crippen molar-refractivity contribution in [2.24, 2.45) is 0 Å². The van der Waals surface area contributed by atoms with Gasteiger partial charge in [0.25, 0.3) is 5.91 Å². The Morgan fingerprint density at radius 2 is 1.93 bits per heavy atom. The summed E-state index contributed by atoms with van der Waals surface area (Å²) >= 11 is 5.82. The van der Waals surface area contributed by atoms with Gasteiger partial charge in [-0.05, 0) is 23.8 Å². The number of nitrogens with one attached hydrogen (secondary N) is 2. The van der Waals surface area contributed by atoms with Gasteiger partial charge in [0.05, 0.1) is 11.3 Å². The van der Waals surface area contributed by atoms with Crippen LogP contribution in [0.4, 0.5) is 18.9 Å². The zero-order chi connectivity index (χ0) is 22.4. The van der Waals surface area contributed by atoms with E-state index in [0.717, 1.165) is 12.3 Å². The Balaban J connectivity index is 2.00. The molecule has 0 aliphatic rings. The second-order valence-corrected chi connectivity index (χ2v) is 8.18. The van der Waals surface area contributed by atoms with Crippen LogP contribution < -0.4 is 14.8 Å². The SMILES string of the molecule is C=CCNS(=O)(=O)Cc1ccc(NC(=O)c2cnc(OCC(F)(F)F)c(Cl)c2)cc1. The molecule has 0 unspecified atom stereocenters. The molecular weight excluding hydrogens is 447 g/mol. The maximum absolute atomic E-state index is 12.3. The first-order chi connectivity index (χ1) is 14.0. The summed E-state index contributed by atoms with van der Waals surface area (Å²) in [6.07, 6.45) is -2.10. The van der Waals surface area contributed by atoms with E-state index in [4.69, 9.17) is 11.6 Å². The molecule has 0 aliphatic heterocycles. The fraction of sp³-hybridized carbons (Fsp3) is 0.222. The first-order valence-corrected chi connectivity index (χ1v) is 10.4. The first-order valence-electron chi connectivity index (χ1n) is 8.33. The van der Waals surface area contributed by atoms with Gasteiger partial charge in [-0.1, -0.05) is 29.8 Å². The zero-order valence-electron chi connectivity index (χ0n) is 15.4. The average molecular weight is 464 g/mol. The summed E-state index contributed by atoms with van der Waals surface area (Å²) in [6.45, 7) is 1.99. The predicted molar refractivity (Wildman–Crippen MR) is 106 cm³/mol. The molecule has 7 nitrogen and oxygen atoms in total. The molecule has 30 heavy (non-hydrogen) atoms. The van der Waals surface area contributed by atoms with Gasteiger partial charge in [0.1, 0.15) is 5.02 Å². The summed E-state index contributed by atoms with van der Waals surface area (Å²) in [5.41, 5.74) is 0.869. The highest BCUT2D eigenvalue weighted by Gasteiger charge is 2.29. The van der Waals surface area contributed by atoms with E-state index < -0.39 is 34.6 Å². The van der Waals surface area contributed by atoms with Gasteiger partial charge in [0, 0.05) is 18.4 Å². The number of benzene rings is 1. The van der Waals surface area contributed by atoms with Gasteiger partial charge in [-0.25, -0.2) is 18.1 Å². The number of hydrogen-bond acceptors (Lipinski definition) is 5. The molecule has 1 aromatic carbocycles. The Morgan fingerprint density at radius 1 is 1.27 bits per heavy atom. The third kappa shape index (κ3) is 7.65. The highest BCUT2D eigenvalue weighted by Crippen LogP contribution is 2.25. The lowest BCUT2D eigenvalue weighted by molar-refractivity contribution is -0.154. The number of carbonyl (C=O) groups is 1. The van der Waals surface area contributed by atoms with E-state index in [-0.39, 0.29) is 22.9 Å². The van der Waals surface area contributed by atoms with Crippen LogP contribution in [0.5, 0.6) is 5.88 Å². The monoisotopic (exact) mass is 463 g/mol. The third-order valence-corrected chi connectivity index (χ3v) is 5.05. The van der Waals surface area contributed by atoms with E-state index in [1.165, 1.54) is 30.3 Å². The van der Waals surface area contributed by atoms with Crippen LogP contribution in [0.3, 0.4) is 0 Å². The maximum atomic E-state index is 12.3. The van der Waals surface area contributed by atoms with Gasteiger partial charge in [-0.15, -0.1) is 6.58 Å². The second kappa shape index (κ2) is 9.92. The van der Waals surface area contributed by atoms with Crippen molar-refractivity contribution in [3.8, 4) is 5.88 Å². The number of nitrogens with zero attached hydrogens (tertiary/aromatic N) is 1. The van der Waals surface area contributed by atoms with Crippen molar-refractivity contribution in [3.63, 3.8) is 0 Å². The summed E-state index contributed by atoms with van der Waals surface area (Å²) < 4.78 is 67.1. The van der Waals surface area contributed by atoms with Gasteiger partial charge in [0.2, 0.25) is 15.9 Å². The first kappa shape index (κ1) is 23.6. The fourth-order valence-electron chi connectivity index (χ4n) is 2.15. The maximum Gasteiger partial charge on any atom is 0.422 e. The second-order valence-electron chi connectivity index (χ2n) is 5.96. The average Bonchev–Trinajstić information content (AvgIpc) is 2.66. The van der Waals surface area contributed by atoms with Crippen molar-refractivity contribution >= 4 is 33.2 Å². The summed E-state index contributed by atoms with van der Waals surface area (Å²) in [6, 6.07) is 7.20. The lowest BCUT2D eigenvalue weighted by Gasteiger charge is -2.11. The molecule has 2 rings (SSSR count). The molecule has 1 amide bonds. The Bertz CT molecular complexity index is 1010. The molecule has 0 spiro atoms. The van der Waals surface area contributed by atoms with Crippen molar-refractivity contribution in [2.45, 2.75) is 11.9 Å². The van der Waals surface area contributed by atoms with Gasteiger partial charge < -0.3 is 10.1 Å². The number of sulfonamides is 1. The molecule has 162 valence electrons. The van der Waals surface area contributed by atoms with Crippen LogP contribution in [0.1, 0.15) is 15.9 Å². The smallest absolute Gasteiger partial charge is 0.422 e. The van der Waals surface area contributed by atoms with Crippen molar-refractivity contribution in [1.82, 2.24) is 9.71 Å². The van der Waals surface area contributed by atoms with Gasteiger partial charge in [-0.2, -0.15) is 13.2 Å². The molecular formula is C18H17ClF3N3O4S. The molecule has 0 bridgehead atoms. The van der Waals surface area contributed by atoms with Crippen LogP contribution >= 0.6 is 11.6 Å². The Morgan fingerprint density at radius 3 is 2.50 bits per heavy atom. The predicted octanol–water partition coefficient (Wildman–Crippen LogP) is 3.53.